The molecule has 1 aliphatic rings. The highest BCUT2D eigenvalue weighted by atomic mass is 79.9. The minimum Gasteiger partial charge on any atom is -0.325 e. The van der Waals surface area contributed by atoms with Crippen molar-refractivity contribution in [1.82, 2.24) is 20.2 Å². The Morgan fingerprint density at radius 3 is 2.74 bits per heavy atom. The highest BCUT2D eigenvalue weighted by Crippen LogP contribution is 2.30. The molecule has 1 aromatic carbocycles. The number of tetrazole rings is 1. The molecule has 1 aliphatic carbocycles. The molecule has 0 radical (unpaired) electrons. The number of rotatable bonds is 5. The second-order valence-corrected chi connectivity index (χ2v) is 7.40. The second-order valence-electron chi connectivity index (χ2n) is 5.54. The first kappa shape index (κ1) is 16.4. The Morgan fingerprint density at radius 1 is 1.26 bits per heavy atom. The third-order valence-corrected chi connectivity index (χ3v) is 5.31. The van der Waals surface area contributed by atoms with Crippen LogP contribution in [-0.4, -0.2) is 31.9 Å². The second kappa shape index (κ2) is 7.92. The van der Waals surface area contributed by atoms with Crippen molar-refractivity contribution in [3.05, 3.63) is 28.7 Å². The van der Waals surface area contributed by atoms with Crippen LogP contribution in [0.25, 0.3) is 0 Å². The van der Waals surface area contributed by atoms with Crippen molar-refractivity contribution in [2.45, 2.75) is 43.3 Å². The number of halogens is 1. The molecule has 23 heavy (non-hydrogen) atoms. The van der Waals surface area contributed by atoms with Gasteiger partial charge < -0.3 is 5.32 Å². The molecule has 1 heterocycles. The van der Waals surface area contributed by atoms with Gasteiger partial charge in [-0.1, -0.05) is 47.0 Å². The number of thioether (sulfide) groups is 1. The average Bonchev–Trinajstić information content (AvgIpc) is 3.04. The van der Waals surface area contributed by atoms with E-state index in [1.807, 2.05) is 28.9 Å². The largest absolute Gasteiger partial charge is 0.325 e. The summed E-state index contributed by atoms with van der Waals surface area (Å²) in [6, 6.07) is 7.88. The Balaban J connectivity index is 1.55. The first-order chi connectivity index (χ1) is 11.2. The van der Waals surface area contributed by atoms with E-state index in [2.05, 4.69) is 36.8 Å². The normalized spacial score (nSPS) is 15.5. The summed E-state index contributed by atoms with van der Waals surface area (Å²) in [6.07, 6.45) is 5.96. The molecule has 3 rings (SSSR count). The van der Waals surface area contributed by atoms with Crippen molar-refractivity contribution in [3.63, 3.8) is 0 Å². The molecule has 0 unspecified atom stereocenters. The van der Waals surface area contributed by atoms with Gasteiger partial charge in [0, 0.05) is 10.2 Å². The summed E-state index contributed by atoms with van der Waals surface area (Å²) < 4.78 is 2.87. The number of hydrogen-bond acceptors (Lipinski definition) is 5. The molecule has 1 fully saturated rings. The van der Waals surface area contributed by atoms with E-state index in [-0.39, 0.29) is 5.91 Å². The minimum absolute atomic E-state index is 0.0597. The third-order valence-electron chi connectivity index (χ3n) is 3.84. The number of anilines is 1. The fraction of sp³-hybridized carbons (Fsp3) is 0.467. The molecule has 122 valence electrons. The molecular formula is C15H18BrN5OS. The lowest BCUT2D eigenvalue weighted by molar-refractivity contribution is -0.113. The van der Waals surface area contributed by atoms with Crippen LogP contribution in [0.5, 0.6) is 0 Å². The molecule has 0 saturated heterocycles. The van der Waals surface area contributed by atoms with E-state index in [4.69, 9.17) is 0 Å². The van der Waals surface area contributed by atoms with Crippen molar-refractivity contribution in [2.75, 3.05) is 11.1 Å². The fourth-order valence-corrected chi connectivity index (χ4v) is 3.70. The summed E-state index contributed by atoms with van der Waals surface area (Å²) in [5.41, 5.74) is 0.783. The van der Waals surface area contributed by atoms with Crippen LogP contribution in [-0.2, 0) is 4.79 Å². The van der Waals surface area contributed by atoms with Crippen molar-refractivity contribution in [2.24, 2.45) is 0 Å². The van der Waals surface area contributed by atoms with Gasteiger partial charge in [0.2, 0.25) is 11.1 Å². The lowest BCUT2D eigenvalue weighted by Gasteiger charge is -2.21. The summed E-state index contributed by atoms with van der Waals surface area (Å²) in [5.74, 6) is 0.235. The zero-order chi connectivity index (χ0) is 16.1. The summed E-state index contributed by atoms with van der Waals surface area (Å²) in [6.45, 7) is 0. The van der Waals surface area contributed by atoms with Crippen molar-refractivity contribution >= 4 is 39.3 Å². The summed E-state index contributed by atoms with van der Waals surface area (Å²) in [5, 5.41) is 15.5. The number of amides is 1. The average molecular weight is 396 g/mol. The first-order valence-corrected chi connectivity index (χ1v) is 9.46. The molecule has 1 amide bonds. The number of benzene rings is 1. The summed E-state index contributed by atoms with van der Waals surface area (Å²) >= 11 is 4.76. The van der Waals surface area contributed by atoms with Crippen molar-refractivity contribution < 1.29 is 4.79 Å². The van der Waals surface area contributed by atoms with Gasteiger partial charge in [0.15, 0.2) is 0 Å². The predicted octanol–water partition coefficient (Wildman–Crippen LogP) is 3.67. The number of hydrogen-bond donors (Lipinski definition) is 1. The molecule has 0 spiro atoms. The van der Waals surface area contributed by atoms with E-state index >= 15 is 0 Å². The van der Waals surface area contributed by atoms with E-state index in [1.54, 1.807) is 0 Å². The van der Waals surface area contributed by atoms with Gasteiger partial charge >= 0.3 is 0 Å². The van der Waals surface area contributed by atoms with E-state index in [0.717, 1.165) is 28.2 Å². The highest BCUT2D eigenvalue weighted by molar-refractivity contribution is 9.10. The van der Waals surface area contributed by atoms with E-state index in [9.17, 15) is 4.79 Å². The van der Waals surface area contributed by atoms with E-state index < -0.39 is 0 Å². The van der Waals surface area contributed by atoms with Crippen LogP contribution in [0, 0.1) is 0 Å². The SMILES string of the molecule is O=C(CSc1nnnn1C1CCCCC1)Nc1ccc(Br)cc1. The van der Waals surface area contributed by atoms with Crippen LogP contribution in [0.2, 0.25) is 0 Å². The van der Waals surface area contributed by atoms with Crippen LogP contribution >= 0.6 is 27.7 Å². The Kier molecular flexibility index (Phi) is 5.66. The van der Waals surface area contributed by atoms with E-state index in [0.29, 0.717) is 11.8 Å². The van der Waals surface area contributed by atoms with Gasteiger partial charge in [0.1, 0.15) is 0 Å². The smallest absolute Gasteiger partial charge is 0.234 e. The van der Waals surface area contributed by atoms with Gasteiger partial charge in [-0.3, -0.25) is 4.79 Å². The Labute approximate surface area is 147 Å². The summed E-state index contributed by atoms with van der Waals surface area (Å²) in [7, 11) is 0. The number of carbonyl (C=O) groups is 1. The Morgan fingerprint density at radius 2 is 2.00 bits per heavy atom. The van der Waals surface area contributed by atoms with Crippen molar-refractivity contribution in [1.29, 1.82) is 0 Å². The fourth-order valence-electron chi connectivity index (χ4n) is 2.70. The molecule has 2 aromatic rings. The number of nitrogens with zero attached hydrogens (tertiary/aromatic N) is 4. The number of aromatic nitrogens is 4. The topological polar surface area (TPSA) is 72.7 Å². The summed E-state index contributed by atoms with van der Waals surface area (Å²) in [4.78, 5) is 12.1. The van der Waals surface area contributed by atoms with Gasteiger partial charge in [-0.05, 0) is 47.5 Å². The molecule has 8 heteroatoms. The minimum atomic E-state index is -0.0597. The van der Waals surface area contributed by atoms with E-state index in [1.165, 1.54) is 31.0 Å². The molecule has 0 bridgehead atoms. The Bertz CT molecular complexity index is 654. The maximum Gasteiger partial charge on any atom is 0.234 e. The van der Waals surface area contributed by atoms with Gasteiger partial charge in [0.05, 0.1) is 11.8 Å². The van der Waals surface area contributed by atoms with Crippen LogP contribution in [0.1, 0.15) is 38.1 Å². The lowest BCUT2D eigenvalue weighted by Crippen LogP contribution is -2.17. The maximum absolute atomic E-state index is 12.1. The Hall–Kier alpha value is -1.41. The zero-order valence-electron chi connectivity index (χ0n) is 12.6. The van der Waals surface area contributed by atoms with Crippen LogP contribution in [0.4, 0.5) is 5.69 Å². The zero-order valence-corrected chi connectivity index (χ0v) is 15.0. The lowest BCUT2D eigenvalue weighted by atomic mass is 9.96. The highest BCUT2D eigenvalue weighted by Gasteiger charge is 2.20. The molecule has 1 aromatic heterocycles. The quantitative estimate of drug-likeness (QED) is 0.781. The van der Waals surface area contributed by atoms with Crippen LogP contribution < -0.4 is 5.32 Å². The molecular weight excluding hydrogens is 378 g/mol. The van der Waals surface area contributed by atoms with Crippen LogP contribution in [0.3, 0.4) is 0 Å². The first-order valence-electron chi connectivity index (χ1n) is 7.68. The van der Waals surface area contributed by atoms with Crippen molar-refractivity contribution in [3.8, 4) is 0 Å². The monoisotopic (exact) mass is 395 g/mol. The predicted molar refractivity (Wildman–Crippen MR) is 93.4 cm³/mol. The van der Waals surface area contributed by atoms with Crippen LogP contribution in [0.15, 0.2) is 33.9 Å². The van der Waals surface area contributed by atoms with Gasteiger partial charge in [-0.15, -0.1) is 5.10 Å². The van der Waals surface area contributed by atoms with Gasteiger partial charge in [-0.25, -0.2) is 4.68 Å². The number of nitrogens with one attached hydrogen (secondary N) is 1. The standard InChI is InChI=1S/C15H18BrN5OS/c16-11-6-8-12(9-7-11)17-14(22)10-23-15-18-19-20-21(15)13-4-2-1-3-5-13/h6-9,13H,1-5,10H2,(H,17,22). The molecule has 6 nitrogen and oxygen atoms in total. The van der Waals surface area contributed by atoms with Gasteiger partial charge in [0.25, 0.3) is 0 Å². The molecule has 1 N–H and O–H groups in total. The molecule has 1 saturated carbocycles. The maximum atomic E-state index is 12.1. The van der Waals surface area contributed by atoms with Gasteiger partial charge in [-0.2, -0.15) is 0 Å². The molecule has 0 atom stereocenters. The third kappa shape index (κ3) is 4.54. The molecule has 0 aliphatic heterocycles. The number of carbonyl (C=O) groups excluding carboxylic acids is 1.